The van der Waals surface area contributed by atoms with Gasteiger partial charge in [0.15, 0.2) is 0 Å². The smallest absolute Gasteiger partial charge is 0.0697 e. The number of hydrogen-bond acceptors (Lipinski definition) is 1. The molecule has 0 N–H and O–H groups in total. The molecule has 0 heterocycles. The summed E-state index contributed by atoms with van der Waals surface area (Å²) in [5.74, 6) is 0. The highest BCUT2D eigenvalue weighted by atomic mass is 15.1. The van der Waals surface area contributed by atoms with Crippen molar-refractivity contribution in [2.75, 3.05) is 4.90 Å². The molecule has 1 unspecified atom stereocenters. The molecule has 11 rings (SSSR count). The second-order valence-corrected chi connectivity index (χ2v) is 15.9. The molecule has 0 spiro atoms. The SMILES string of the molecule is C1=CCCC(C2(c3ccccc3)c3ccccc3-c3cccc(N(c4cccc(-c5cccc(-c6ccccc6)c5)c4)c4ccc5ccccc5c4-c4ccccc4)c32)=C1. The van der Waals surface area contributed by atoms with E-state index in [0.29, 0.717) is 0 Å². The highest BCUT2D eigenvalue weighted by Gasteiger charge is 2.49. The van der Waals surface area contributed by atoms with Crippen LogP contribution in [0.2, 0.25) is 0 Å². The van der Waals surface area contributed by atoms with E-state index < -0.39 is 5.41 Å². The minimum absolute atomic E-state index is 0.516. The molecule has 0 amide bonds. The third-order valence-electron chi connectivity index (χ3n) is 12.6. The van der Waals surface area contributed by atoms with Crippen LogP contribution in [-0.2, 0) is 5.41 Å². The first-order valence-corrected chi connectivity index (χ1v) is 21.1. The van der Waals surface area contributed by atoms with Gasteiger partial charge in [-0.15, -0.1) is 0 Å². The molecule has 1 heteroatoms. The molecule has 60 heavy (non-hydrogen) atoms. The maximum absolute atomic E-state index is 2.57. The van der Waals surface area contributed by atoms with Crippen LogP contribution in [0, 0.1) is 0 Å². The third-order valence-corrected chi connectivity index (χ3v) is 12.6. The molecule has 1 atom stereocenters. The second kappa shape index (κ2) is 15.0. The molecule has 9 aromatic carbocycles. The molecule has 0 bridgehead atoms. The number of nitrogens with zero attached hydrogens (tertiary/aromatic N) is 1. The Morgan fingerprint density at radius 1 is 0.433 bits per heavy atom. The minimum Gasteiger partial charge on any atom is -0.309 e. The van der Waals surface area contributed by atoms with Gasteiger partial charge >= 0.3 is 0 Å². The van der Waals surface area contributed by atoms with E-state index in [1.807, 2.05) is 0 Å². The molecule has 2 aliphatic carbocycles. The lowest BCUT2D eigenvalue weighted by Gasteiger charge is -2.40. The summed E-state index contributed by atoms with van der Waals surface area (Å²) in [7, 11) is 0. The number of rotatable bonds is 8. The molecular formula is C59H43N. The quantitative estimate of drug-likeness (QED) is 0.149. The third kappa shape index (κ3) is 5.85. The summed E-state index contributed by atoms with van der Waals surface area (Å²) in [6.45, 7) is 0. The number of hydrogen-bond donors (Lipinski definition) is 0. The molecule has 0 aromatic heterocycles. The molecule has 9 aromatic rings. The Balaban J connectivity index is 1.24. The van der Waals surface area contributed by atoms with Crippen LogP contribution in [0.15, 0.2) is 242 Å². The van der Waals surface area contributed by atoms with Crippen molar-refractivity contribution in [2.24, 2.45) is 0 Å². The summed E-state index contributed by atoms with van der Waals surface area (Å²) in [6.07, 6.45) is 8.97. The van der Waals surface area contributed by atoms with Gasteiger partial charge in [0.2, 0.25) is 0 Å². The van der Waals surface area contributed by atoms with E-state index in [4.69, 9.17) is 0 Å². The summed E-state index contributed by atoms with van der Waals surface area (Å²) in [5, 5.41) is 2.44. The highest BCUT2D eigenvalue weighted by molar-refractivity contribution is 6.06. The predicted octanol–water partition coefficient (Wildman–Crippen LogP) is 15.9. The van der Waals surface area contributed by atoms with Crippen LogP contribution in [-0.4, -0.2) is 0 Å². The fourth-order valence-electron chi connectivity index (χ4n) is 10.0. The maximum Gasteiger partial charge on any atom is 0.0697 e. The van der Waals surface area contributed by atoms with Crippen LogP contribution in [0.3, 0.4) is 0 Å². The number of benzene rings is 9. The largest absolute Gasteiger partial charge is 0.309 e. The maximum atomic E-state index is 2.57. The van der Waals surface area contributed by atoms with Crippen molar-refractivity contribution >= 4 is 27.8 Å². The van der Waals surface area contributed by atoms with Gasteiger partial charge < -0.3 is 4.90 Å². The monoisotopic (exact) mass is 765 g/mol. The Kier molecular flexibility index (Phi) is 8.94. The normalized spacial score (nSPS) is 15.3. The second-order valence-electron chi connectivity index (χ2n) is 15.9. The van der Waals surface area contributed by atoms with Crippen molar-refractivity contribution in [1.82, 2.24) is 0 Å². The van der Waals surface area contributed by atoms with E-state index in [1.165, 1.54) is 83.2 Å². The van der Waals surface area contributed by atoms with Crippen molar-refractivity contribution in [2.45, 2.75) is 18.3 Å². The van der Waals surface area contributed by atoms with E-state index in [2.05, 4.69) is 242 Å². The van der Waals surface area contributed by atoms with Crippen LogP contribution in [0.25, 0.3) is 55.3 Å². The Morgan fingerprint density at radius 3 is 1.83 bits per heavy atom. The zero-order valence-electron chi connectivity index (χ0n) is 33.4. The molecule has 0 aliphatic heterocycles. The summed E-state index contributed by atoms with van der Waals surface area (Å²) in [6, 6.07) is 80.6. The Morgan fingerprint density at radius 2 is 1.05 bits per heavy atom. The van der Waals surface area contributed by atoms with Gasteiger partial charge in [-0.3, -0.25) is 0 Å². The lowest BCUT2D eigenvalue weighted by molar-refractivity contribution is 0.693. The fourth-order valence-corrected chi connectivity index (χ4v) is 10.0. The lowest BCUT2D eigenvalue weighted by Crippen LogP contribution is -2.32. The summed E-state index contributed by atoms with van der Waals surface area (Å²) in [5.41, 5.74) is 18.0. The van der Waals surface area contributed by atoms with Crippen LogP contribution in [0.4, 0.5) is 17.1 Å². The van der Waals surface area contributed by atoms with Gasteiger partial charge in [0, 0.05) is 16.8 Å². The van der Waals surface area contributed by atoms with E-state index in [-0.39, 0.29) is 0 Å². The highest BCUT2D eigenvalue weighted by Crippen LogP contribution is 2.61. The first-order chi connectivity index (χ1) is 29.8. The average molecular weight is 766 g/mol. The van der Waals surface area contributed by atoms with E-state index in [0.717, 1.165) is 24.2 Å². The lowest BCUT2D eigenvalue weighted by atomic mass is 9.65. The van der Waals surface area contributed by atoms with Gasteiger partial charge in [0.25, 0.3) is 0 Å². The molecule has 0 saturated heterocycles. The first kappa shape index (κ1) is 35.7. The topological polar surface area (TPSA) is 3.24 Å². The van der Waals surface area contributed by atoms with E-state index in [1.54, 1.807) is 0 Å². The first-order valence-electron chi connectivity index (χ1n) is 21.1. The number of fused-ring (bicyclic) bond motifs is 4. The van der Waals surface area contributed by atoms with Crippen LogP contribution >= 0.6 is 0 Å². The van der Waals surface area contributed by atoms with Gasteiger partial charge in [0.05, 0.1) is 16.8 Å². The van der Waals surface area contributed by atoms with Gasteiger partial charge in [0.1, 0.15) is 0 Å². The zero-order valence-corrected chi connectivity index (χ0v) is 33.4. The van der Waals surface area contributed by atoms with E-state index >= 15 is 0 Å². The average Bonchev–Trinajstić information content (AvgIpc) is 3.64. The van der Waals surface area contributed by atoms with Gasteiger partial charge in [-0.2, -0.15) is 0 Å². The minimum atomic E-state index is -0.516. The summed E-state index contributed by atoms with van der Waals surface area (Å²) >= 11 is 0. The fraction of sp³-hybridized carbons (Fsp3) is 0.0508. The predicted molar refractivity (Wildman–Crippen MR) is 253 cm³/mol. The zero-order chi connectivity index (χ0) is 39.9. The van der Waals surface area contributed by atoms with Gasteiger partial charge in [-0.1, -0.05) is 212 Å². The van der Waals surface area contributed by atoms with Crippen molar-refractivity contribution in [3.05, 3.63) is 259 Å². The molecule has 284 valence electrons. The van der Waals surface area contributed by atoms with Crippen LogP contribution in [0.1, 0.15) is 29.5 Å². The number of anilines is 3. The standard InChI is InChI=1S/C59H43N/c1-5-20-42(21-6-1)45-25-17-26-46(40-45)47-27-18-32-50(41-47)60(55-39-38-43-22-13-14-33-51(43)57(55)44-23-7-2-8-24-44)56-37-19-35-53-52-34-15-16-36-54(52)59(58(53)56,48-28-9-3-10-29-48)49-30-11-4-12-31-49/h1-11,13-30,32-41H,12,31H2. The Hall–Kier alpha value is -7.48. The summed E-state index contributed by atoms with van der Waals surface area (Å²) < 4.78 is 0. The molecule has 0 radical (unpaired) electrons. The molecule has 0 saturated carbocycles. The molecule has 0 fully saturated rings. The van der Waals surface area contributed by atoms with Crippen molar-refractivity contribution in [3.63, 3.8) is 0 Å². The van der Waals surface area contributed by atoms with E-state index in [9.17, 15) is 0 Å². The van der Waals surface area contributed by atoms with Crippen LogP contribution < -0.4 is 4.90 Å². The van der Waals surface area contributed by atoms with Crippen LogP contribution in [0.5, 0.6) is 0 Å². The van der Waals surface area contributed by atoms with Crippen molar-refractivity contribution in [3.8, 4) is 44.5 Å². The van der Waals surface area contributed by atoms with Crippen molar-refractivity contribution in [1.29, 1.82) is 0 Å². The van der Waals surface area contributed by atoms with Gasteiger partial charge in [-0.05, 0) is 104 Å². The molecule has 1 nitrogen and oxygen atoms in total. The summed E-state index contributed by atoms with van der Waals surface area (Å²) in [4.78, 5) is 2.57. The Bertz CT molecular complexity index is 3090. The molecule has 2 aliphatic rings. The van der Waals surface area contributed by atoms with Crippen molar-refractivity contribution < 1.29 is 0 Å². The van der Waals surface area contributed by atoms with Gasteiger partial charge in [-0.25, -0.2) is 0 Å². The Labute approximate surface area is 352 Å². The molecular weight excluding hydrogens is 723 g/mol. The number of allylic oxidation sites excluding steroid dienone is 4.